The second-order valence-electron chi connectivity index (χ2n) is 11.3. The number of aromatic nitrogens is 3. The van der Waals surface area contributed by atoms with Crippen molar-refractivity contribution in [2.75, 3.05) is 5.32 Å². The van der Waals surface area contributed by atoms with E-state index < -0.39 is 0 Å². The Morgan fingerprint density at radius 2 is 1.65 bits per heavy atom. The number of hydrogen-bond acceptors (Lipinski definition) is 5. The molecule has 0 unspecified atom stereocenters. The largest absolute Gasteiger partial charge is 0.367 e. The minimum Gasteiger partial charge on any atom is -0.367 e. The summed E-state index contributed by atoms with van der Waals surface area (Å²) in [6.45, 7) is 9.60. The lowest BCUT2D eigenvalue weighted by Gasteiger charge is -2.30. The summed E-state index contributed by atoms with van der Waals surface area (Å²) in [7, 11) is 0. The molecule has 2 aromatic heterocycles. The van der Waals surface area contributed by atoms with Crippen LogP contribution in [0.2, 0.25) is 0 Å². The molecule has 1 saturated carbocycles. The Hall–Kier alpha value is -3.51. The van der Waals surface area contributed by atoms with Crippen LogP contribution in [0, 0.1) is 6.92 Å². The molecule has 0 saturated heterocycles. The maximum Gasteiger partial charge on any atom is 0.195 e. The summed E-state index contributed by atoms with van der Waals surface area (Å²) in [6, 6.07) is 17.5. The number of nitrogens with zero attached hydrogens (tertiary/aromatic N) is 2. The molecule has 1 fully saturated rings. The van der Waals surface area contributed by atoms with Gasteiger partial charge in [0.2, 0.25) is 0 Å². The minimum absolute atomic E-state index is 0.00867. The number of hydrogen-bond donors (Lipinski definition) is 3. The number of carbonyl (C=O) groups is 1. The highest BCUT2D eigenvalue weighted by atomic mass is 16.1. The number of H-pyrrole nitrogens is 1. The van der Waals surface area contributed by atoms with Gasteiger partial charge < -0.3 is 15.6 Å². The molecule has 0 bridgehead atoms. The van der Waals surface area contributed by atoms with Gasteiger partial charge in [-0.3, -0.25) is 4.79 Å². The second kappa shape index (κ2) is 10.5. The summed E-state index contributed by atoms with van der Waals surface area (Å²) in [4.78, 5) is 25.4. The van der Waals surface area contributed by atoms with Crippen LogP contribution in [0.1, 0.15) is 79.1 Å². The highest BCUT2D eigenvalue weighted by Crippen LogP contribution is 2.29. The van der Waals surface area contributed by atoms with E-state index in [1.165, 1.54) is 11.1 Å². The predicted molar refractivity (Wildman–Crippen MR) is 150 cm³/mol. The fourth-order valence-corrected chi connectivity index (χ4v) is 5.24. The van der Waals surface area contributed by atoms with Crippen LogP contribution in [-0.2, 0) is 12.0 Å². The van der Waals surface area contributed by atoms with Crippen LogP contribution in [0.3, 0.4) is 0 Å². The van der Waals surface area contributed by atoms with Gasteiger partial charge in [0, 0.05) is 30.4 Å². The van der Waals surface area contributed by atoms with Crippen molar-refractivity contribution >= 4 is 22.6 Å². The zero-order valence-electron chi connectivity index (χ0n) is 22.3. The number of rotatable bonds is 7. The van der Waals surface area contributed by atoms with Crippen molar-refractivity contribution in [2.45, 2.75) is 77.4 Å². The van der Waals surface area contributed by atoms with Gasteiger partial charge in [0.1, 0.15) is 17.8 Å². The third kappa shape index (κ3) is 5.59. The van der Waals surface area contributed by atoms with Crippen LogP contribution in [0.15, 0.2) is 61.1 Å². The SMILES string of the molecule is Cc1ccccc1C(=O)c1c[nH]c2ncnc(NC3CCC(NCc4ccc(C(C)(C)C)cc4)CC3)c12. The lowest BCUT2D eigenvalue weighted by Crippen LogP contribution is -2.36. The van der Waals surface area contributed by atoms with E-state index in [-0.39, 0.29) is 11.2 Å². The summed E-state index contributed by atoms with van der Waals surface area (Å²) >= 11 is 0. The third-order valence-electron chi connectivity index (χ3n) is 7.59. The lowest BCUT2D eigenvalue weighted by atomic mass is 9.86. The summed E-state index contributed by atoms with van der Waals surface area (Å²) in [5, 5.41) is 8.16. The first kappa shape index (κ1) is 25.2. The van der Waals surface area contributed by atoms with Crippen LogP contribution < -0.4 is 10.6 Å². The maximum absolute atomic E-state index is 13.4. The molecule has 0 atom stereocenters. The van der Waals surface area contributed by atoms with Crippen LogP contribution in [0.25, 0.3) is 11.0 Å². The highest BCUT2D eigenvalue weighted by molar-refractivity contribution is 6.18. The highest BCUT2D eigenvalue weighted by Gasteiger charge is 2.24. The van der Waals surface area contributed by atoms with Crippen molar-refractivity contribution in [3.05, 3.63) is 88.9 Å². The summed E-state index contributed by atoms with van der Waals surface area (Å²) in [6.07, 6.45) is 7.63. The predicted octanol–water partition coefficient (Wildman–Crippen LogP) is 6.31. The van der Waals surface area contributed by atoms with Crippen molar-refractivity contribution in [3.63, 3.8) is 0 Å². The standard InChI is InChI=1S/C31H37N5O/c1-20-7-5-6-8-25(20)28(37)26-18-33-29-27(26)30(35-19-34-29)36-24-15-13-23(14-16-24)32-17-21-9-11-22(12-10-21)31(2,3)4/h5-12,18-19,23-24,32H,13-17H2,1-4H3,(H2,33,34,35,36). The first-order chi connectivity index (χ1) is 17.8. The van der Waals surface area contributed by atoms with E-state index in [2.05, 4.69) is 70.6 Å². The first-order valence-electron chi connectivity index (χ1n) is 13.3. The van der Waals surface area contributed by atoms with Gasteiger partial charge in [0.25, 0.3) is 0 Å². The fourth-order valence-electron chi connectivity index (χ4n) is 5.24. The van der Waals surface area contributed by atoms with Gasteiger partial charge in [-0.05, 0) is 54.7 Å². The van der Waals surface area contributed by atoms with Gasteiger partial charge in [-0.2, -0.15) is 0 Å². The second-order valence-corrected chi connectivity index (χ2v) is 11.3. The average molecular weight is 496 g/mol. The van der Waals surface area contributed by atoms with Gasteiger partial charge >= 0.3 is 0 Å². The maximum atomic E-state index is 13.4. The van der Waals surface area contributed by atoms with Crippen LogP contribution in [0.5, 0.6) is 0 Å². The smallest absolute Gasteiger partial charge is 0.195 e. The Morgan fingerprint density at radius 3 is 2.35 bits per heavy atom. The molecule has 0 amide bonds. The Bertz CT molecular complexity index is 1370. The quantitative estimate of drug-likeness (QED) is 0.262. The molecule has 6 nitrogen and oxygen atoms in total. The number of fused-ring (bicyclic) bond motifs is 1. The number of benzene rings is 2. The molecule has 2 aromatic carbocycles. The van der Waals surface area contributed by atoms with Gasteiger partial charge in [-0.15, -0.1) is 0 Å². The minimum atomic E-state index is -0.00867. The lowest BCUT2D eigenvalue weighted by molar-refractivity contribution is 0.103. The van der Waals surface area contributed by atoms with Gasteiger partial charge in [0.15, 0.2) is 5.78 Å². The fraction of sp³-hybridized carbons (Fsp3) is 0.387. The van der Waals surface area contributed by atoms with Gasteiger partial charge in [0.05, 0.1) is 10.9 Å². The molecular weight excluding hydrogens is 458 g/mol. The van der Waals surface area contributed by atoms with E-state index in [4.69, 9.17) is 0 Å². The van der Waals surface area contributed by atoms with Gasteiger partial charge in [-0.25, -0.2) is 9.97 Å². The number of aromatic amines is 1. The van der Waals surface area contributed by atoms with Gasteiger partial charge in [-0.1, -0.05) is 69.3 Å². The van der Waals surface area contributed by atoms with Crippen LogP contribution in [0.4, 0.5) is 5.82 Å². The zero-order chi connectivity index (χ0) is 26.0. The Labute approximate surface area is 219 Å². The first-order valence-corrected chi connectivity index (χ1v) is 13.3. The van der Waals surface area contributed by atoms with E-state index >= 15 is 0 Å². The monoisotopic (exact) mass is 495 g/mol. The van der Waals surface area contributed by atoms with Crippen molar-refractivity contribution < 1.29 is 4.79 Å². The molecule has 1 aliphatic carbocycles. The molecular formula is C31H37N5O. The molecule has 2 heterocycles. The molecule has 5 rings (SSSR count). The molecule has 3 N–H and O–H groups in total. The molecule has 0 spiro atoms. The van der Waals surface area contributed by atoms with E-state index in [1.807, 2.05) is 31.2 Å². The topological polar surface area (TPSA) is 82.7 Å². The van der Waals surface area contributed by atoms with E-state index in [9.17, 15) is 4.79 Å². The molecule has 1 aliphatic rings. The summed E-state index contributed by atoms with van der Waals surface area (Å²) in [5.74, 6) is 0.726. The summed E-state index contributed by atoms with van der Waals surface area (Å²) in [5.41, 5.74) is 5.84. The average Bonchev–Trinajstić information content (AvgIpc) is 3.33. The Kier molecular flexibility index (Phi) is 7.11. The Balaban J connectivity index is 1.21. The number of anilines is 1. The molecule has 37 heavy (non-hydrogen) atoms. The van der Waals surface area contributed by atoms with Crippen molar-refractivity contribution in [1.29, 1.82) is 0 Å². The van der Waals surface area contributed by atoms with E-state index in [0.717, 1.165) is 49.0 Å². The van der Waals surface area contributed by atoms with Crippen molar-refractivity contribution in [3.8, 4) is 0 Å². The molecule has 4 aromatic rings. The van der Waals surface area contributed by atoms with E-state index in [0.29, 0.717) is 28.9 Å². The molecule has 0 radical (unpaired) electrons. The van der Waals surface area contributed by atoms with E-state index in [1.54, 1.807) is 12.5 Å². The number of carbonyl (C=O) groups excluding carboxylic acids is 1. The van der Waals surface area contributed by atoms with Crippen molar-refractivity contribution in [1.82, 2.24) is 20.3 Å². The molecule has 0 aliphatic heterocycles. The van der Waals surface area contributed by atoms with Crippen LogP contribution >= 0.6 is 0 Å². The third-order valence-corrected chi connectivity index (χ3v) is 7.59. The Morgan fingerprint density at radius 1 is 0.946 bits per heavy atom. The zero-order valence-corrected chi connectivity index (χ0v) is 22.3. The molecule has 6 heteroatoms. The number of aryl methyl sites for hydroxylation is 1. The number of ketones is 1. The summed E-state index contributed by atoms with van der Waals surface area (Å²) < 4.78 is 0. The van der Waals surface area contributed by atoms with Crippen molar-refractivity contribution in [2.24, 2.45) is 0 Å². The van der Waals surface area contributed by atoms with Crippen LogP contribution in [-0.4, -0.2) is 32.8 Å². The molecule has 192 valence electrons. The number of nitrogens with one attached hydrogen (secondary N) is 3. The normalized spacial score (nSPS) is 18.2.